The van der Waals surface area contributed by atoms with Gasteiger partial charge in [-0.15, -0.1) is 0 Å². The van der Waals surface area contributed by atoms with Crippen LogP contribution in [0.4, 0.5) is 0 Å². The van der Waals surface area contributed by atoms with E-state index in [0.717, 1.165) is 11.3 Å². The summed E-state index contributed by atoms with van der Waals surface area (Å²) >= 11 is 0. The fraction of sp³-hybridized carbons (Fsp3) is 0.273. The van der Waals surface area contributed by atoms with Crippen molar-refractivity contribution in [2.45, 2.75) is 20.0 Å². The summed E-state index contributed by atoms with van der Waals surface area (Å²) in [6, 6.07) is 14.3. The van der Waals surface area contributed by atoms with Crippen LogP contribution in [0, 0.1) is 0 Å². The Hall–Kier alpha value is -3.08. The average Bonchev–Trinajstić information content (AvgIpc) is 2.65. The summed E-state index contributed by atoms with van der Waals surface area (Å²) in [4.78, 5) is 25.3. The largest absolute Gasteiger partial charge is 0.491 e. The minimum Gasteiger partial charge on any atom is -0.491 e. The number of benzene rings is 2. The molecular weight excluding hydrogens is 342 g/mol. The van der Waals surface area contributed by atoms with Gasteiger partial charge in [0.1, 0.15) is 11.5 Å². The molecule has 0 saturated heterocycles. The SMILES string of the molecule is CC(C)Oc1ccc(/C=C/C(=O)c2ccc(OCC(=O)N(C)C)cc2)cc1. The van der Waals surface area contributed by atoms with Crippen LogP contribution in [0.15, 0.2) is 54.6 Å². The summed E-state index contributed by atoms with van der Waals surface area (Å²) in [5.74, 6) is 1.12. The summed E-state index contributed by atoms with van der Waals surface area (Å²) in [5.41, 5.74) is 1.47. The summed E-state index contributed by atoms with van der Waals surface area (Å²) in [6.07, 6.45) is 3.42. The highest BCUT2D eigenvalue weighted by atomic mass is 16.5. The molecule has 142 valence electrons. The van der Waals surface area contributed by atoms with Crippen molar-refractivity contribution in [3.63, 3.8) is 0 Å². The van der Waals surface area contributed by atoms with E-state index in [-0.39, 0.29) is 24.4 Å². The Labute approximate surface area is 160 Å². The summed E-state index contributed by atoms with van der Waals surface area (Å²) < 4.78 is 11.0. The molecule has 5 nitrogen and oxygen atoms in total. The predicted octanol–water partition coefficient (Wildman–Crippen LogP) is 3.84. The second kappa shape index (κ2) is 9.57. The second-order valence-corrected chi connectivity index (χ2v) is 6.53. The van der Waals surface area contributed by atoms with Crippen LogP contribution in [0.25, 0.3) is 6.08 Å². The fourth-order valence-corrected chi connectivity index (χ4v) is 2.19. The Morgan fingerprint density at radius 3 is 2.11 bits per heavy atom. The van der Waals surface area contributed by atoms with E-state index in [1.165, 1.54) is 11.0 Å². The van der Waals surface area contributed by atoms with E-state index in [9.17, 15) is 9.59 Å². The number of hydrogen-bond acceptors (Lipinski definition) is 4. The molecule has 0 aliphatic heterocycles. The van der Waals surface area contributed by atoms with Crippen LogP contribution in [-0.4, -0.2) is 43.4 Å². The lowest BCUT2D eigenvalue weighted by molar-refractivity contribution is -0.130. The Morgan fingerprint density at radius 1 is 0.963 bits per heavy atom. The Kier molecular flexibility index (Phi) is 7.17. The van der Waals surface area contributed by atoms with E-state index in [4.69, 9.17) is 9.47 Å². The molecule has 1 amide bonds. The van der Waals surface area contributed by atoms with Gasteiger partial charge in [0.25, 0.3) is 5.91 Å². The summed E-state index contributed by atoms with van der Waals surface area (Å²) in [5, 5.41) is 0. The van der Waals surface area contributed by atoms with Crippen molar-refractivity contribution in [1.29, 1.82) is 0 Å². The summed E-state index contributed by atoms with van der Waals surface area (Å²) in [7, 11) is 3.34. The maximum absolute atomic E-state index is 12.3. The molecule has 0 bridgehead atoms. The molecule has 0 aliphatic rings. The van der Waals surface area contributed by atoms with Crippen LogP contribution in [0.3, 0.4) is 0 Å². The predicted molar refractivity (Wildman–Crippen MR) is 106 cm³/mol. The van der Waals surface area contributed by atoms with E-state index < -0.39 is 0 Å². The Balaban J connectivity index is 1.93. The monoisotopic (exact) mass is 367 g/mol. The molecule has 0 spiro atoms. The highest BCUT2D eigenvalue weighted by molar-refractivity contribution is 6.06. The molecule has 0 unspecified atom stereocenters. The molecule has 27 heavy (non-hydrogen) atoms. The van der Waals surface area contributed by atoms with Gasteiger partial charge in [0.05, 0.1) is 6.10 Å². The van der Waals surface area contributed by atoms with Gasteiger partial charge in [0, 0.05) is 19.7 Å². The average molecular weight is 367 g/mol. The zero-order valence-electron chi connectivity index (χ0n) is 16.1. The van der Waals surface area contributed by atoms with E-state index in [0.29, 0.717) is 11.3 Å². The minimum atomic E-state index is -0.122. The second-order valence-electron chi connectivity index (χ2n) is 6.53. The number of carbonyl (C=O) groups is 2. The van der Waals surface area contributed by atoms with Gasteiger partial charge in [0.2, 0.25) is 0 Å². The molecule has 2 aromatic rings. The van der Waals surface area contributed by atoms with Crippen molar-refractivity contribution in [3.05, 3.63) is 65.7 Å². The molecule has 0 aliphatic carbocycles. The third-order valence-corrected chi connectivity index (χ3v) is 3.68. The number of rotatable bonds is 8. The molecular formula is C22H25NO4. The minimum absolute atomic E-state index is 0.0310. The van der Waals surface area contributed by atoms with Crippen LogP contribution in [0.5, 0.6) is 11.5 Å². The van der Waals surface area contributed by atoms with Gasteiger partial charge in [0.15, 0.2) is 12.4 Å². The normalized spacial score (nSPS) is 10.9. The van der Waals surface area contributed by atoms with Crippen LogP contribution in [-0.2, 0) is 4.79 Å². The van der Waals surface area contributed by atoms with Crippen LogP contribution < -0.4 is 9.47 Å². The quantitative estimate of drug-likeness (QED) is 0.525. The van der Waals surface area contributed by atoms with Gasteiger partial charge >= 0.3 is 0 Å². The highest BCUT2D eigenvalue weighted by Crippen LogP contribution is 2.16. The van der Waals surface area contributed by atoms with E-state index in [2.05, 4.69) is 0 Å². The summed E-state index contributed by atoms with van der Waals surface area (Å²) in [6.45, 7) is 3.92. The Morgan fingerprint density at radius 2 is 1.56 bits per heavy atom. The molecule has 2 aromatic carbocycles. The van der Waals surface area contributed by atoms with Crippen molar-refractivity contribution >= 4 is 17.8 Å². The lowest BCUT2D eigenvalue weighted by Gasteiger charge is -2.11. The highest BCUT2D eigenvalue weighted by Gasteiger charge is 2.06. The lowest BCUT2D eigenvalue weighted by atomic mass is 10.1. The number of carbonyl (C=O) groups excluding carboxylic acids is 2. The molecule has 0 N–H and O–H groups in total. The number of likely N-dealkylation sites (N-methyl/N-ethyl adjacent to an activating group) is 1. The first kappa shape index (κ1) is 20.2. The number of amides is 1. The molecule has 2 rings (SSSR count). The third kappa shape index (κ3) is 6.62. The number of ether oxygens (including phenoxy) is 2. The lowest BCUT2D eigenvalue weighted by Crippen LogP contribution is -2.27. The fourth-order valence-electron chi connectivity index (χ4n) is 2.19. The van der Waals surface area contributed by atoms with Gasteiger partial charge in [-0.05, 0) is 61.9 Å². The number of allylic oxidation sites excluding steroid dienone is 1. The first-order valence-electron chi connectivity index (χ1n) is 8.77. The van der Waals surface area contributed by atoms with Crippen molar-refractivity contribution in [1.82, 2.24) is 4.90 Å². The number of hydrogen-bond donors (Lipinski definition) is 0. The zero-order chi connectivity index (χ0) is 19.8. The van der Waals surface area contributed by atoms with E-state index in [1.54, 1.807) is 44.4 Å². The van der Waals surface area contributed by atoms with Crippen LogP contribution >= 0.6 is 0 Å². The number of ketones is 1. The standard InChI is InChI=1S/C22H25NO4/c1-16(2)27-20-10-5-17(6-11-20)7-14-21(24)18-8-12-19(13-9-18)26-15-22(25)23(3)4/h5-14,16H,15H2,1-4H3/b14-7+. The molecule has 0 radical (unpaired) electrons. The smallest absolute Gasteiger partial charge is 0.259 e. The van der Waals surface area contributed by atoms with Crippen molar-refractivity contribution in [2.24, 2.45) is 0 Å². The van der Waals surface area contributed by atoms with Crippen molar-refractivity contribution in [3.8, 4) is 11.5 Å². The van der Waals surface area contributed by atoms with E-state index in [1.807, 2.05) is 38.1 Å². The van der Waals surface area contributed by atoms with Gasteiger partial charge in [-0.3, -0.25) is 9.59 Å². The molecule has 0 saturated carbocycles. The maximum atomic E-state index is 12.3. The number of nitrogens with zero attached hydrogens (tertiary/aromatic N) is 1. The Bertz CT molecular complexity index is 790. The molecule has 0 atom stereocenters. The zero-order valence-corrected chi connectivity index (χ0v) is 16.1. The first-order valence-corrected chi connectivity index (χ1v) is 8.77. The molecule has 0 heterocycles. The van der Waals surface area contributed by atoms with Crippen molar-refractivity contribution < 1.29 is 19.1 Å². The van der Waals surface area contributed by atoms with Gasteiger partial charge in [-0.1, -0.05) is 18.2 Å². The van der Waals surface area contributed by atoms with Gasteiger partial charge < -0.3 is 14.4 Å². The molecule has 5 heteroatoms. The topological polar surface area (TPSA) is 55.8 Å². The first-order chi connectivity index (χ1) is 12.8. The molecule has 0 aromatic heterocycles. The van der Waals surface area contributed by atoms with E-state index >= 15 is 0 Å². The van der Waals surface area contributed by atoms with Crippen LogP contribution in [0.1, 0.15) is 29.8 Å². The van der Waals surface area contributed by atoms with Gasteiger partial charge in [-0.25, -0.2) is 0 Å². The van der Waals surface area contributed by atoms with Crippen LogP contribution in [0.2, 0.25) is 0 Å². The maximum Gasteiger partial charge on any atom is 0.259 e. The third-order valence-electron chi connectivity index (χ3n) is 3.68. The molecule has 0 fully saturated rings. The van der Waals surface area contributed by atoms with Crippen molar-refractivity contribution in [2.75, 3.05) is 20.7 Å². The van der Waals surface area contributed by atoms with Gasteiger partial charge in [-0.2, -0.15) is 0 Å².